The molecule has 116 valence electrons. The minimum Gasteiger partial charge on any atom is -0.444 e. The van der Waals surface area contributed by atoms with Crippen LogP contribution in [0.1, 0.15) is 27.2 Å². The van der Waals surface area contributed by atoms with E-state index in [2.05, 4.69) is 9.88 Å². The first-order chi connectivity index (χ1) is 9.85. The van der Waals surface area contributed by atoms with Crippen LogP contribution in [0.15, 0.2) is 18.5 Å². The van der Waals surface area contributed by atoms with Crippen molar-refractivity contribution in [2.24, 2.45) is 0 Å². The highest BCUT2D eigenvalue weighted by Crippen LogP contribution is 2.20. The summed E-state index contributed by atoms with van der Waals surface area (Å²) in [5, 5.41) is 0.626. The predicted octanol–water partition coefficient (Wildman–Crippen LogP) is 3.18. The summed E-state index contributed by atoms with van der Waals surface area (Å²) in [5.41, 5.74) is 0.536. The van der Waals surface area contributed by atoms with Gasteiger partial charge in [0.2, 0.25) is 0 Å². The highest BCUT2D eigenvalue weighted by molar-refractivity contribution is 6.30. The summed E-state index contributed by atoms with van der Waals surface area (Å²) >= 11 is 5.98. The van der Waals surface area contributed by atoms with Crippen molar-refractivity contribution >= 4 is 23.4 Å². The average molecular weight is 312 g/mol. The Labute approximate surface area is 130 Å². The second-order valence-electron chi connectivity index (χ2n) is 6.17. The number of hydrogen-bond acceptors (Lipinski definition) is 4. The van der Waals surface area contributed by atoms with Crippen molar-refractivity contribution in [1.29, 1.82) is 0 Å². The first-order valence-electron chi connectivity index (χ1n) is 7.18. The number of ether oxygens (including phenoxy) is 1. The molecule has 1 aromatic heterocycles. The number of hydrogen-bond donors (Lipinski definition) is 0. The maximum atomic E-state index is 12.1. The summed E-state index contributed by atoms with van der Waals surface area (Å²) in [6.07, 6.45) is 4.07. The summed E-state index contributed by atoms with van der Waals surface area (Å²) in [7, 11) is 0. The minimum atomic E-state index is -0.458. The van der Waals surface area contributed by atoms with Gasteiger partial charge in [-0.25, -0.2) is 4.79 Å². The normalized spacial score (nSPS) is 16.6. The van der Waals surface area contributed by atoms with E-state index in [1.165, 1.54) is 0 Å². The van der Waals surface area contributed by atoms with Gasteiger partial charge < -0.3 is 14.5 Å². The van der Waals surface area contributed by atoms with Gasteiger partial charge >= 0.3 is 6.09 Å². The van der Waals surface area contributed by atoms with Crippen molar-refractivity contribution < 1.29 is 9.53 Å². The minimum absolute atomic E-state index is 0.242. The zero-order valence-corrected chi connectivity index (χ0v) is 13.6. The third kappa shape index (κ3) is 4.77. The Balaban J connectivity index is 1.97. The molecule has 6 heteroatoms. The van der Waals surface area contributed by atoms with E-state index in [9.17, 15) is 4.79 Å². The molecule has 1 fully saturated rings. The van der Waals surface area contributed by atoms with Gasteiger partial charge in [-0.1, -0.05) is 11.6 Å². The Morgan fingerprint density at radius 2 is 2.00 bits per heavy atom. The van der Waals surface area contributed by atoms with Crippen LogP contribution in [0, 0.1) is 0 Å². The summed E-state index contributed by atoms with van der Waals surface area (Å²) in [6.45, 7) is 8.62. The molecule has 5 nitrogen and oxygen atoms in total. The van der Waals surface area contributed by atoms with Gasteiger partial charge in [-0.15, -0.1) is 0 Å². The number of nitrogens with zero attached hydrogens (tertiary/aromatic N) is 3. The molecule has 0 spiro atoms. The van der Waals surface area contributed by atoms with Gasteiger partial charge in [-0.3, -0.25) is 4.98 Å². The molecular weight excluding hydrogens is 290 g/mol. The van der Waals surface area contributed by atoms with E-state index in [1.54, 1.807) is 17.3 Å². The predicted molar refractivity (Wildman–Crippen MR) is 83.9 cm³/mol. The van der Waals surface area contributed by atoms with Crippen LogP contribution >= 0.6 is 11.6 Å². The fourth-order valence-corrected chi connectivity index (χ4v) is 2.43. The van der Waals surface area contributed by atoms with Gasteiger partial charge in [0.05, 0.1) is 16.9 Å². The number of amides is 1. The van der Waals surface area contributed by atoms with E-state index in [0.29, 0.717) is 18.1 Å². The molecule has 0 aromatic carbocycles. The van der Waals surface area contributed by atoms with Crippen molar-refractivity contribution in [3.63, 3.8) is 0 Å². The van der Waals surface area contributed by atoms with Crippen LogP contribution in [-0.2, 0) is 4.74 Å². The lowest BCUT2D eigenvalue weighted by Crippen LogP contribution is -2.39. The van der Waals surface area contributed by atoms with E-state index in [-0.39, 0.29) is 6.09 Å². The van der Waals surface area contributed by atoms with Gasteiger partial charge in [0, 0.05) is 32.4 Å². The molecule has 1 aliphatic rings. The summed E-state index contributed by atoms with van der Waals surface area (Å²) in [6, 6.07) is 1.90. The molecule has 2 rings (SSSR count). The largest absolute Gasteiger partial charge is 0.444 e. The number of carbonyl (C=O) groups is 1. The Kier molecular flexibility index (Phi) is 4.93. The first-order valence-corrected chi connectivity index (χ1v) is 7.56. The molecule has 0 atom stereocenters. The third-order valence-electron chi connectivity index (χ3n) is 3.20. The van der Waals surface area contributed by atoms with E-state index >= 15 is 0 Å². The Morgan fingerprint density at radius 3 is 2.67 bits per heavy atom. The fraction of sp³-hybridized carbons (Fsp3) is 0.600. The van der Waals surface area contributed by atoms with Crippen molar-refractivity contribution in [2.45, 2.75) is 32.8 Å². The quantitative estimate of drug-likeness (QED) is 0.799. The molecule has 2 heterocycles. The molecule has 0 unspecified atom stereocenters. The van der Waals surface area contributed by atoms with Crippen molar-refractivity contribution in [3.8, 4) is 0 Å². The van der Waals surface area contributed by atoms with E-state index in [0.717, 1.165) is 25.2 Å². The Bertz CT molecular complexity index is 502. The van der Waals surface area contributed by atoms with Crippen LogP contribution in [0.2, 0.25) is 5.02 Å². The van der Waals surface area contributed by atoms with Crippen LogP contribution in [0.3, 0.4) is 0 Å². The number of aromatic nitrogens is 1. The molecular formula is C15H22ClN3O2. The van der Waals surface area contributed by atoms with Gasteiger partial charge in [0.15, 0.2) is 0 Å². The number of carbonyl (C=O) groups excluding carboxylic acids is 1. The molecule has 1 aromatic rings. The lowest BCUT2D eigenvalue weighted by atomic mass is 10.2. The maximum Gasteiger partial charge on any atom is 0.410 e. The molecule has 21 heavy (non-hydrogen) atoms. The topological polar surface area (TPSA) is 45.7 Å². The average Bonchev–Trinajstić information content (AvgIpc) is 2.62. The highest BCUT2D eigenvalue weighted by atomic mass is 35.5. The zero-order chi connectivity index (χ0) is 15.5. The van der Waals surface area contributed by atoms with Gasteiger partial charge in [0.1, 0.15) is 5.60 Å². The van der Waals surface area contributed by atoms with Gasteiger partial charge in [0.25, 0.3) is 0 Å². The van der Waals surface area contributed by atoms with Crippen LogP contribution in [0.25, 0.3) is 0 Å². The Morgan fingerprint density at radius 1 is 1.24 bits per heavy atom. The molecule has 0 aliphatic carbocycles. The van der Waals surface area contributed by atoms with Crippen molar-refractivity contribution in [2.75, 3.05) is 31.1 Å². The smallest absolute Gasteiger partial charge is 0.410 e. The molecule has 1 amide bonds. The zero-order valence-electron chi connectivity index (χ0n) is 12.8. The summed E-state index contributed by atoms with van der Waals surface area (Å²) in [5.74, 6) is 0. The SMILES string of the molecule is CC(C)(C)OC(=O)N1CCCN(c2cncc(Cl)c2)CC1. The molecule has 1 aliphatic heterocycles. The lowest BCUT2D eigenvalue weighted by Gasteiger charge is -2.26. The second-order valence-corrected chi connectivity index (χ2v) is 6.61. The van der Waals surface area contributed by atoms with Crippen LogP contribution in [-0.4, -0.2) is 47.8 Å². The van der Waals surface area contributed by atoms with Crippen molar-refractivity contribution in [1.82, 2.24) is 9.88 Å². The van der Waals surface area contributed by atoms with E-state index in [1.807, 2.05) is 26.8 Å². The molecule has 0 N–H and O–H groups in total. The molecule has 0 bridgehead atoms. The second kappa shape index (κ2) is 6.52. The standard InChI is InChI=1S/C15H22ClN3O2/c1-15(2,3)21-14(20)19-6-4-5-18(7-8-19)13-9-12(16)10-17-11-13/h9-11H,4-8H2,1-3H3. The number of halogens is 1. The maximum absolute atomic E-state index is 12.1. The number of pyridine rings is 1. The number of anilines is 1. The lowest BCUT2D eigenvalue weighted by molar-refractivity contribution is 0.0263. The number of rotatable bonds is 1. The van der Waals surface area contributed by atoms with E-state index in [4.69, 9.17) is 16.3 Å². The van der Waals surface area contributed by atoms with Gasteiger partial charge in [-0.2, -0.15) is 0 Å². The van der Waals surface area contributed by atoms with Gasteiger partial charge in [-0.05, 0) is 33.3 Å². The molecule has 0 radical (unpaired) electrons. The van der Waals surface area contributed by atoms with Crippen molar-refractivity contribution in [3.05, 3.63) is 23.5 Å². The van der Waals surface area contributed by atoms with Crippen LogP contribution in [0.4, 0.5) is 10.5 Å². The molecule has 0 saturated carbocycles. The summed E-state index contributed by atoms with van der Waals surface area (Å²) < 4.78 is 5.43. The highest BCUT2D eigenvalue weighted by Gasteiger charge is 2.24. The molecule has 1 saturated heterocycles. The van der Waals surface area contributed by atoms with E-state index < -0.39 is 5.60 Å². The summed E-state index contributed by atoms with van der Waals surface area (Å²) in [4.78, 5) is 20.2. The Hall–Kier alpha value is -1.49. The monoisotopic (exact) mass is 311 g/mol. The fourth-order valence-electron chi connectivity index (χ4n) is 2.26. The first kappa shape index (κ1) is 15.9. The van der Waals surface area contributed by atoms with Crippen LogP contribution in [0.5, 0.6) is 0 Å². The van der Waals surface area contributed by atoms with Crippen LogP contribution < -0.4 is 4.90 Å². The third-order valence-corrected chi connectivity index (χ3v) is 3.41.